The summed E-state index contributed by atoms with van der Waals surface area (Å²) in [6, 6.07) is 31.6. The predicted molar refractivity (Wildman–Crippen MR) is 521 cm³/mol. The molecular formula is C98H134F3N17O24. The molecule has 2 heterocycles. The van der Waals surface area contributed by atoms with Crippen LogP contribution in [0.15, 0.2) is 144 Å². The molecule has 41 nitrogen and oxygen atoms in total. The van der Waals surface area contributed by atoms with Gasteiger partial charge in [-0.3, -0.25) is 52.9 Å². The molecule has 8 aromatic rings. The van der Waals surface area contributed by atoms with Gasteiger partial charge in [-0.2, -0.15) is 4.98 Å². The van der Waals surface area contributed by atoms with E-state index >= 15 is 0 Å². The van der Waals surface area contributed by atoms with Gasteiger partial charge in [0.1, 0.15) is 65.7 Å². The van der Waals surface area contributed by atoms with Gasteiger partial charge in [0.2, 0.25) is 35.5 Å². The number of carboxylic acid groups (broad SMARTS) is 2. The molecule has 0 bridgehead atoms. The summed E-state index contributed by atoms with van der Waals surface area (Å²) in [5, 5.41) is 42.6. The van der Waals surface area contributed by atoms with Crippen LogP contribution in [0, 0.1) is 17.5 Å². The number of H-pyrrole nitrogens is 1. The lowest BCUT2D eigenvalue weighted by molar-refractivity contribution is -0.139. The van der Waals surface area contributed by atoms with Crippen molar-refractivity contribution in [3.63, 3.8) is 0 Å². The first-order chi connectivity index (χ1) is 68.5. The molecule has 0 aliphatic carbocycles. The van der Waals surface area contributed by atoms with E-state index in [1.54, 1.807) is 26.4 Å². The number of ether oxygens (including phenoxy) is 10. The maximum absolute atomic E-state index is 12.9. The van der Waals surface area contributed by atoms with Crippen molar-refractivity contribution in [2.24, 2.45) is 5.73 Å². The number of fused-ring (bicyclic) bond motifs is 1. The third-order valence-electron chi connectivity index (χ3n) is 20.0. The minimum absolute atomic E-state index is 0.0248. The van der Waals surface area contributed by atoms with Crippen molar-refractivity contribution in [3.8, 4) is 23.0 Å². The molecule has 0 aliphatic rings. The number of amides is 8. The van der Waals surface area contributed by atoms with Crippen molar-refractivity contribution in [1.29, 1.82) is 0 Å². The highest BCUT2D eigenvalue weighted by Crippen LogP contribution is 2.28. The van der Waals surface area contributed by atoms with E-state index < -0.39 is 46.9 Å². The number of nitrogen functional groups attached to an aromatic ring is 1. The Balaban J connectivity index is 0.000000365. The monoisotopic (exact) mass is 1990 g/mol. The molecule has 1 atom stereocenters. The number of anilines is 2. The van der Waals surface area contributed by atoms with Crippen LogP contribution in [0.2, 0.25) is 0 Å². The van der Waals surface area contributed by atoms with Crippen LogP contribution >= 0.6 is 0 Å². The van der Waals surface area contributed by atoms with Crippen molar-refractivity contribution < 1.29 is 123 Å². The van der Waals surface area contributed by atoms with Gasteiger partial charge in [-0.1, -0.05) is 12.1 Å². The van der Waals surface area contributed by atoms with Crippen LogP contribution in [0.3, 0.4) is 0 Å². The van der Waals surface area contributed by atoms with Crippen molar-refractivity contribution in [2.45, 2.75) is 123 Å². The molecule has 8 rings (SSSR count). The summed E-state index contributed by atoms with van der Waals surface area (Å²) < 4.78 is 92.6. The van der Waals surface area contributed by atoms with Crippen LogP contribution in [-0.2, 0) is 81.6 Å². The zero-order chi connectivity index (χ0) is 103. The molecule has 0 radical (unpaired) electrons. The number of halogens is 3. The molecule has 0 aliphatic heterocycles. The summed E-state index contributed by atoms with van der Waals surface area (Å²) >= 11 is 0. The number of hydrogen-bond acceptors (Lipinski definition) is 30. The van der Waals surface area contributed by atoms with Gasteiger partial charge >= 0.3 is 11.9 Å². The number of benzene rings is 6. The van der Waals surface area contributed by atoms with Crippen molar-refractivity contribution >= 4 is 87.8 Å². The standard InChI is InChI=1S/C36H42FN9O9.C31H45FN4O7.C24H42N4O6.C7H5FO2/c37-24-7-3-22(4-8-24)32(49)40-15-17-55-19-18-54-16-13-29(48)39-14-1-2-27(47)11-12-28(35(52)53)44-33(50)23-5-9-25(10-6-23)41-20-26-21-42-31-30(43-26)34(51)46-36(38)45-31;1-4-33-29(37)8-6-17-43-27-14-11-25(28(21-27)40-3)22-36(2)16-5-7-30(38)35-23-42-20-19-41-18-15-34-31(39)24-9-12-26(32)13-10-24;1-4-26-23(29)8-6-13-34-21-10-9-20(22(17-21)31-3)18-28(2)12-5-7-24(30)27-19-33-16-15-32-14-11-25;8-6-3-1-5(2-4-6)7(9)10/h3-10,21,28,41H,1-2,11-20H2,(H,39,48)(H,40,49)(H,44,50)(H,52,53)(H3,38,42,45,46,51);9-14,21H,4-8,15-20,22-23H2,1-3H3,(H,33,37)(H,34,39)(H,35,38);9-10,17H,4-8,11-16,18-19,25H2,1-3H3,(H,26,29)(H,27,30);1-4H,(H,9,10). The van der Waals surface area contributed by atoms with Crippen LogP contribution in [-0.4, -0.2) is 284 Å². The van der Waals surface area contributed by atoms with E-state index in [1.807, 2.05) is 64.3 Å². The molecule has 0 fully saturated rings. The second kappa shape index (κ2) is 70.7. The fraction of sp³-hybridized carbons (Fsp3) is 0.459. The molecular weight excluding hydrogens is 1860 g/mol. The predicted octanol–water partition coefficient (Wildman–Crippen LogP) is 7.00. The third-order valence-corrected chi connectivity index (χ3v) is 20.0. The summed E-state index contributed by atoms with van der Waals surface area (Å²) in [6.45, 7) is 13.9. The fourth-order valence-electron chi connectivity index (χ4n) is 12.7. The Labute approximate surface area is 822 Å². The number of nitrogens with two attached hydrogens (primary N) is 2. The maximum atomic E-state index is 12.9. The number of aromatic nitrogens is 4. The van der Waals surface area contributed by atoms with Crippen LogP contribution in [0.25, 0.3) is 11.2 Å². The first-order valence-electron chi connectivity index (χ1n) is 46.4. The largest absolute Gasteiger partial charge is 0.496 e. The van der Waals surface area contributed by atoms with Crippen molar-refractivity contribution in [3.05, 3.63) is 207 Å². The first-order valence-corrected chi connectivity index (χ1v) is 46.4. The minimum atomic E-state index is -1.28. The highest BCUT2D eigenvalue weighted by molar-refractivity contribution is 5.97. The number of aromatic carboxylic acids is 1. The Morgan fingerprint density at radius 2 is 0.894 bits per heavy atom. The Kier molecular flexibility index (Phi) is 59.1. The molecule has 776 valence electrons. The summed E-state index contributed by atoms with van der Waals surface area (Å²) in [7, 11) is 7.25. The number of aliphatic carboxylic acids is 1. The number of nitrogens with one attached hydrogen (secondary N) is 10. The van der Waals surface area contributed by atoms with E-state index in [9.17, 15) is 75.8 Å². The minimum Gasteiger partial charge on any atom is -0.496 e. The number of rotatable bonds is 66. The van der Waals surface area contributed by atoms with Crippen LogP contribution in [0.4, 0.5) is 24.8 Å². The smallest absolute Gasteiger partial charge is 0.335 e. The van der Waals surface area contributed by atoms with Gasteiger partial charge in [0, 0.05) is 143 Å². The lowest BCUT2D eigenvalue weighted by atomic mass is 10.1. The number of methoxy groups -OCH3 is 2. The fourth-order valence-corrected chi connectivity index (χ4v) is 12.7. The summed E-state index contributed by atoms with van der Waals surface area (Å²) in [5.41, 5.74) is 14.7. The van der Waals surface area contributed by atoms with Crippen LogP contribution in [0.1, 0.15) is 156 Å². The second-order valence-corrected chi connectivity index (χ2v) is 31.4. The van der Waals surface area contributed by atoms with E-state index in [0.29, 0.717) is 177 Å². The SMILES string of the molecule is CCNC(=O)CCCOc1ccc(CN(C)CCCC(=O)NCOCCOCCN)c(OC)c1.CCNC(=O)CCCOc1ccc(CN(C)CCCC(=O)NCOCCOCCNC(=O)c2ccc(F)cc2)c(OC)c1.Nc1nc2ncc(CNc3ccc(C(=O)NC(CCC(=O)CCCNC(=O)CCOCCOCCNC(=O)c4ccc(F)cc4)C(=O)O)cc3)nc2c(=O)[nH]1.O=C(O)c1ccc(F)cc1. The second-order valence-electron chi connectivity index (χ2n) is 31.4. The Bertz CT molecular complexity index is 5200. The number of nitrogens with zero attached hydrogens (tertiary/aromatic N) is 5. The molecule has 0 spiro atoms. The van der Waals surface area contributed by atoms with Crippen LogP contribution in [0.5, 0.6) is 23.0 Å². The number of hydrogen-bond donors (Lipinski definition) is 14. The normalized spacial score (nSPS) is 11.0. The molecule has 0 saturated heterocycles. The Morgan fingerprint density at radius 3 is 1.36 bits per heavy atom. The van der Waals surface area contributed by atoms with Gasteiger partial charge in [-0.25, -0.2) is 32.7 Å². The number of Topliss-reactive ketones (excluding diaryl/α,β-unsaturated/α-hetero) is 1. The molecule has 6 aromatic carbocycles. The Hall–Kier alpha value is -13.9. The lowest BCUT2D eigenvalue weighted by Crippen LogP contribution is -2.41. The molecule has 8 amide bonds. The van der Waals surface area contributed by atoms with E-state index in [0.717, 1.165) is 54.3 Å². The molecule has 0 saturated carbocycles. The summed E-state index contributed by atoms with van der Waals surface area (Å²) in [6.07, 6.45) is 6.26. The van der Waals surface area contributed by atoms with Gasteiger partial charge in [0.15, 0.2) is 11.2 Å². The molecule has 2 aromatic heterocycles. The Morgan fingerprint density at radius 1 is 0.458 bits per heavy atom. The highest BCUT2D eigenvalue weighted by Gasteiger charge is 2.23. The molecule has 44 heteroatoms. The first kappa shape index (κ1) is 119. The lowest BCUT2D eigenvalue weighted by Gasteiger charge is -2.19. The average molecular weight is 1990 g/mol. The van der Waals surface area contributed by atoms with Gasteiger partial charge < -0.3 is 127 Å². The number of carboxylic acids is 2. The number of ketones is 1. The van der Waals surface area contributed by atoms with E-state index in [4.69, 9.17) is 63.9 Å². The molecule has 142 heavy (non-hydrogen) atoms. The molecule has 16 N–H and O–H groups in total. The number of carbonyl (C=O) groups excluding carboxylic acids is 9. The number of carbonyl (C=O) groups is 11. The zero-order valence-electron chi connectivity index (χ0n) is 81.1. The van der Waals surface area contributed by atoms with Crippen LogP contribution < -0.4 is 83.8 Å². The summed E-state index contributed by atoms with van der Waals surface area (Å²) in [4.78, 5) is 161. The highest BCUT2D eigenvalue weighted by atomic mass is 19.1. The van der Waals surface area contributed by atoms with Crippen molar-refractivity contribution in [1.82, 2.24) is 72.3 Å². The maximum Gasteiger partial charge on any atom is 0.335 e. The third kappa shape index (κ3) is 51.9. The number of aromatic amines is 1. The molecule has 1 unspecified atom stereocenters. The van der Waals surface area contributed by atoms with Gasteiger partial charge in [0.25, 0.3) is 23.3 Å². The average Bonchev–Trinajstić information content (AvgIpc) is 0.808. The van der Waals surface area contributed by atoms with E-state index in [2.05, 4.69) is 77.6 Å². The van der Waals surface area contributed by atoms with E-state index in [-0.39, 0.29) is 161 Å². The van der Waals surface area contributed by atoms with Gasteiger partial charge in [-0.15, -0.1) is 0 Å². The van der Waals surface area contributed by atoms with E-state index in [1.165, 1.54) is 79.0 Å². The van der Waals surface area contributed by atoms with Gasteiger partial charge in [-0.05, 0) is 189 Å². The quantitative estimate of drug-likeness (QED) is 0.0135. The topological polar surface area (TPSA) is 559 Å². The summed E-state index contributed by atoms with van der Waals surface area (Å²) in [5.74, 6) is -2.53. The zero-order valence-corrected chi connectivity index (χ0v) is 81.1. The van der Waals surface area contributed by atoms with Crippen molar-refractivity contribution in [2.75, 3.05) is 184 Å². The van der Waals surface area contributed by atoms with Gasteiger partial charge in [0.05, 0.1) is 118 Å².